The highest BCUT2D eigenvalue weighted by Crippen LogP contribution is 2.40. The van der Waals surface area contributed by atoms with Gasteiger partial charge in [0.25, 0.3) is 0 Å². The molecule has 2 aliphatic rings. The standard InChI is InChI=1S/C22H25NO3/c24-21(26-15-20-16-11-12-17(20)14-23-13-16)22(25,18-7-3-1-4-8-18)19-9-5-2-6-10-19/h1-10,16-17,20,23,25H,11-15H2. The lowest BCUT2D eigenvalue weighted by Crippen LogP contribution is -2.43. The number of aliphatic hydroxyl groups is 1. The maximum Gasteiger partial charge on any atom is 0.347 e. The molecular formula is C22H25NO3. The maximum atomic E-state index is 13.1. The van der Waals surface area contributed by atoms with Crippen molar-refractivity contribution in [1.29, 1.82) is 0 Å². The molecule has 0 spiro atoms. The third-order valence-electron chi connectivity index (χ3n) is 6.02. The molecule has 1 aliphatic heterocycles. The first kappa shape index (κ1) is 17.3. The molecule has 2 N–H and O–H groups in total. The first-order valence-corrected chi connectivity index (χ1v) is 9.41. The third-order valence-corrected chi connectivity index (χ3v) is 6.02. The van der Waals surface area contributed by atoms with E-state index in [9.17, 15) is 9.90 Å². The van der Waals surface area contributed by atoms with Crippen molar-refractivity contribution in [3.05, 3.63) is 71.8 Å². The Balaban J connectivity index is 1.57. The summed E-state index contributed by atoms with van der Waals surface area (Å²) in [5.41, 5.74) is -0.719. The summed E-state index contributed by atoms with van der Waals surface area (Å²) in [6, 6.07) is 18.1. The average molecular weight is 351 g/mol. The molecule has 4 heteroatoms. The molecule has 136 valence electrons. The lowest BCUT2D eigenvalue weighted by Gasteiger charge is -2.32. The van der Waals surface area contributed by atoms with E-state index in [0.717, 1.165) is 13.1 Å². The largest absolute Gasteiger partial charge is 0.463 e. The SMILES string of the molecule is O=C(OCC1C2CCC1CNC2)C(O)(c1ccccc1)c1ccccc1. The first-order chi connectivity index (χ1) is 12.7. The highest BCUT2D eigenvalue weighted by molar-refractivity contribution is 5.85. The number of benzene rings is 2. The molecule has 2 bridgehead atoms. The molecule has 26 heavy (non-hydrogen) atoms. The number of rotatable bonds is 5. The summed E-state index contributed by atoms with van der Waals surface area (Å²) < 4.78 is 5.72. The van der Waals surface area contributed by atoms with Gasteiger partial charge in [-0.25, -0.2) is 4.79 Å². The van der Waals surface area contributed by atoms with Crippen molar-refractivity contribution < 1.29 is 14.6 Å². The Kier molecular flexibility index (Phi) is 4.79. The van der Waals surface area contributed by atoms with Crippen molar-refractivity contribution in [1.82, 2.24) is 5.32 Å². The van der Waals surface area contributed by atoms with Crippen LogP contribution in [0.3, 0.4) is 0 Å². The fourth-order valence-electron chi connectivity index (χ4n) is 4.51. The zero-order valence-electron chi connectivity index (χ0n) is 14.8. The number of carbonyl (C=O) groups excluding carboxylic acids is 1. The predicted molar refractivity (Wildman–Crippen MR) is 99.4 cm³/mol. The molecule has 2 atom stereocenters. The molecule has 1 saturated heterocycles. The highest BCUT2D eigenvalue weighted by atomic mass is 16.5. The second kappa shape index (κ2) is 7.22. The Morgan fingerprint density at radius 3 is 1.96 bits per heavy atom. The van der Waals surface area contributed by atoms with Gasteiger partial charge >= 0.3 is 5.97 Å². The van der Waals surface area contributed by atoms with Crippen LogP contribution >= 0.6 is 0 Å². The highest BCUT2D eigenvalue weighted by Gasteiger charge is 2.44. The molecular weight excluding hydrogens is 326 g/mol. The Bertz CT molecular complexity index is 691. The van der Waals surface area contributed by atoms with Gasteiger partial charge in [-0.3, -0.25) is 0 Å². The van der Waals surface area contributed by atoms with Crippen LogP contribution in [0, 0.1) is 17.8 Å². The molecule has 0 radical (unpaired) electrons. The van der Waals surface area contributed by atoms with E-state index >= 15 is 0 Å². The fraction of sp³-hybridized carbons (Fsp3) is 0.409. The van der Waals surface area contributed by atoms with Crippen LogP contribution in [-0.4, -0.2) is 30.8 Å². The van der Waals surface area contributed by atoms with E-state index < -0.39 is 11.6 Å². The van der Waals surface area contributed by atoms with Crippen molar-refractivity contribution in [2.75, 3.05) is 19.7 Å². The van der Waals surface area contributed by atoms with Gasteiger partial charge in [-0.05, 0) is 48.9 Å². The van der Waals surface area contributed by atoms with Crippen molar-refractivity contribution in [3.8, 4) is 0 Å². The minimum Gasteiger partial charge on any atom is -0.463 e. The number of nitrogens with one attached hydrogen (secondary N) is 1. The van der Waals surface area contributed by atoms with Crippen molar-refractivity contribution >= 4 is 5.97 Å². The topological polar surface area (TPSA) is 58.6 Å². The van der Waals surface area contributed by atoms with Gasteiger partial charge in [0.2, 0.25) is 5.60 Å². The Morgan fingerprint density at radius 2 is 1.46 bits per heavy atom. The summed E-state index contributed by atoms with van der Waals surface area (Å²) in [5.74, 6) is 0.954. The average Bonchev–Trinajstić information content (AvgIpc) is 2.92. The van der Waals surface area contributed by atoms with Crippen LogP contribution in [0.5, 0.6) is 0 Å². The van der Waals surface area contributed by atoms with Gasteiger partial charge in [0, 0.05) is 5.92 Å². The second-order valence-corrected chi connectivity index (χ2v) is 7.46. The number of hydrogen-bond acceptors (Lipinski definition) is 4. The van der Waals surface area contributed by atoms with Gasteiger partial charge < -0.3 is 15.2 Å². The lowest BCUT2D eigenvalue weighted by atomic mass is 9.85. The second-order valence-electron chi connectivity index (χ2n) is 7.46. The smallest absolute Gasteiger partial charge is 0.347 e. The van der Waals surface area contributed by atoms with Crippen molar-refractivity contribution in [2.45, 2.75) is 18.4 Å². The van der Waals surface area contributed by atoms with Crippen LogP contribution in [0.4, 0.5) is 0 Å². The molecule has 0 aromatic heterocycles. The van der Waals surface area contributed by atoms with Crippen LogP contribution in [-0.2, 0) is 15.1 Å². The molecule has 2 aromatic rings. The molecule has 1 heterocycles. The van der Waals surface area contributed by atoms with E-state index in [1.165, 1.54) is 12.8 Å². The molecule has 4 nitrogen and oxygen atoms in total. The number of ether oxygens (including phenoxy) is 1. The van der Waals surface area contributed by atoms with Gasteiger partial charge in [0.05, 0.1) is 6.61 Å². The molecule has 2 unspecified atom stereocenters. The molecule has 0 amide bonds. The van der Waals surface area contributed by atoms with E-state index in [1.54, 1.807) is 24.3 Å². The number of hydrogen-bond donors (Lipinski definition) is 2. The summed E-state index contributed by atoms with van der Waals surface area (Å²) in [5, 5.41) is 14.9. The van der Waals surface area contributed by atoms with E-state index in [4.69, 9.17) is 4.74 Å². The first-order valence-electron chi connectivity index (χ1n) is 9.41. The quantitative estimate of drug-likeness (QED) is 0.813. The Hall–Kier alpha value is -2.17. The number of esters is 1. The van der Waals surface area contributed by atoms with Crippen LogP contribution in [0.25, 0.3) is 0 Å². The molecule has 2 fully saturated rings. The number of carbonyl (C=O) groups is 1. The van der Waals surface area contributed by atoms with Gasteiger partial charge in [-0.1, -0.05) is 60.7 Å². The van der Waals surface area contributed by atoms with E-state index in [1.807, 2.05) is 36.4 Å². The van der Waals surface area contributed by atoms with Gasteiger partial charge in [0.1, 0.15) is 0 Å². The Morgan fingerprint density at radius 1 is 0.962 bits per heavy atom. The van der Waals surface area contributed by atoms with Gasteiger partial charge in [-0.15, -0.1) is 0 Å². The minimum atomic E-state index is -1.78. The molecule has 2 aromatic carbocycles. The Labute approximate surface area is 154 Å². The van der Waals surface area contributed by atoms with E-state index in [-0.39, 0.29) is 0 Å². The number of fused-ring (bicyclic) bond motifs is 2. The van der Waals surface area contributed by atoms with Crippen molar-refractivity contribution in [3.63, 3.8) is 0 Å². The lowest BCUT2D eigenvalue weighted by molar-refractivity contribution is -0.164. The normalized spacial score (nSPS) is 25.0. The van der Waals surface area contributed by atoms with Gasteiger partial charge in [0.15, 0.2) is 0 Å². The van der Waals surface area contributed by atoms with E-state index in [0.29, 0.717) is 35.5 Å². The molecule has 1 aliphatic carbocycles. The van der Waals surface area contributed by atoms with Crippen LogP contribution < -0.4 is 5.32 Å². The minimum absolute atomic E-state index is 0.387. The zero-order valence-corrected chi connectivity index (χ0v) is 14.8. The summed E-state index contributed by atoms with van der Waals surface area (Å²) in [7, 11) is 0. The predicted octanol–water partition coefficient (Wildman–Crippen LogP) is 2.71. The zero-order chi connectivity index (χ0) is 18.0. The summed E-state index contributed by atoms with van der Waals surface area (Å²) in [6.07, 6.45) is 2.39. The van der Waals surface area contributed by atoms with Gasteiger partial charge in [-0.2, -0.15) is 0 Å². The number of piperidine rings is 1. The van der Waals surface area contributed by atoms with Crippen LogP contribution in [0.1, 0.15) is 24.0 Å². The molecule has 1 saturated carbocycles. The monoisotopic (exact) mass is 351 g/mol. The third kappa shape index (κ3) is 3.04. The fourth-order valence-corrected chi connectivity index (χ4v) is 4.51. The van der Waals surface area contributed by atoms with Crippen molar-refractivity contribution in [2.24, 2.45) is 17.8 Å². The van der Waals surface area contributed by atoms with Crippen LogP contribution in [0.15, 0.2) is 60.7 Å². The van der Waals surface area contributed by atoms with Crippen LogP contribution in [0.2, 0.25) is 0 Å². The summed E-state index contributed by atoms with van der Waals surface area (Å²) >= 11 is 0. The molecule has 4 rings (SSSR count). The van der Waals surface area contributed by atoms with E-state index in [2.05, 4.69) is 5.32 Å². The summed E-state index contributed by atoms with van der Waals surface area (Å²) in [6.45, 7) is 2.39. The summed E-state index contributed by atoms with van der Waals surface area (Å²) in [4.78, 5) is 13.1. The maximum absolute atomic E-state index is 13.1.